The highest BCUT2D eigenvalue weighted by Crippen LogP contribution is 2.21. The Morgan fingerprint density at radius 1 is 1.39 bits per heavy atom. The molecule has 0 bridgehead atoms. The summed E-state index contributed by atoms with van der Waals surface area (Å²) in [5, 5.41) is 4.07. The van der Waals surface area contributed by atoms with Crippen molar-refractivity contribution in [3.8, 4) is 0 Å². The molecule has 1 fully saturated rings. The molecular formula is C14H17N3O. The summed E-state index contributed by atoms with van der Waals surface area (Å²) in [6, 6.07) is 7.56. The zero-order chi connectivity index (χ0) is 12.5. The van der Waals surface area contributed by atoms with Gasteiger partial charge in [-0.05, 0) is 31.5 Å². The fraction of sp³-hybridized carbons (Fsp3) is 0.429. The van der Waals surface area contributed by atoms with Gasteiger partial charge >= 0.3 is 0 Å². The van der Waals surface area contributed by atoms with Gasteiger partial charge in [-0.1, -0.05) is 12.1 Å². The summed E-state index contributed by atoms with van der Waals surface area (Å²) in [6.45, 7) is 1.98. The monoisotopic (exact) mass is 243 g/mol. The van der Waals surface area contributed by atoms with Crippen molar-refractivity contribution in [2.24, 2.45) is 7.05 Å². The van der Waals surface area contributed by atoms with Crippen LogP contribution in [-0.4, -0.2) is 22.6 Å². The van der Waals surface area contributed by atoms with Crippen LogP contribution in [-0.2, 0) is 7.05 Å². The van der Waals surface area contributed by atoms with Gasteiger partial charge in [0.05, 0.1) is 10.9 Å². The maximum absolute atomic E-state index is 12.3. The number of nitrogens with one attached hydrogen (secondary N) is 1. The van der Waals surface area contributed by atoms with Crippen molar-refractivity contribution >= 4 is 10.9 Å². The van der Waals surface area contributed by atoms with E-state index in [2.05, 4.69) is 10.3 Å². The summed E-state index contributed by atoms with van der Waals surface area (Å²) in [7, 11) is 1.83. The fourth-order valence-corrected chi connectivity index (χ4v) is 2.67. The minimum atomic E-state index is 0.0566. The molecule has 1 aromatic heterocycles. The molecule has 1 saturated heterocycles. The third-order valence-corrected chi connectivity index (χ3v) is 3.68. The molecule has 0 saturated carbocycles. The van der Waals surface area contributed by atoms with Gasteiger partial charge in [-0.15, -0.1) is 0 Å². The molecule has 1 aliphatic heterocycles. The number of fused-ring (bicyclic) bond motifs is 1. The highest BCUT2D eigenvalue weighted by molar-refractivity contribution is 5.77. The molecule has 1 unspecified atom stereocenters. The van der Waals surface area contributed by atoms with Crippen molar-refractivity contribution in [2.45, 2.75) is 18.8 Å². The number of hydrogen-bond acceptors (Lipinski definition) is 3. The Morgan fingerprint density at radius 2 is 2.22 bits per heavy atom. The largest absolute Gasteiger partial charge is 0.316 e. The quantitative estimate of drug-likeness (QED) is 0.823. The van der Waals surface area contributed by atoms with Crippen LogP contribution in [0.25, 0.3) is 10.9 Å². The first-order chi connectivity index (χ1) is 8.77. The molecule has 4 nitrogen and oxygen atoms in total. The fourth-order valence-electron chi connectivity index (χ4n) is 2.67. The first-order valence-electron chi connectivity index (χ1n) is 6.44. The highest BCUT2D eigenvalue weighted by atomic mass is 16.1. The van der Waals surface area contributed by atoms with Gasteiger partial charge in [-0.2, -0.15) is 0 Å². The average Bonchev–Trinajstić information content (AvgIpc) is 2.44. The van der Waals surface area contributed by atoms with E-state index in [-0.39, 0.29) is 5.56 Å². The summed E-state index contributed by atoms with van der Waals surface area (Å²) < 4.78 is 1.71. The Bertz CT molecular complexity index is 626. The first-order valence-corrected chi connectivity index (χ1v) is 6.44. The molecule has 3 rings (SSSR count). The molecule has 1 atom stereocenters. The Hall–Kier alpha value is -1.68. The van der Waals surface area contributed by atoms with Gasteiger partial charge in [0.2, 0.25) is 0 Å². The number of aromatic nitrogens is 2. The van der Waals surface area contributed by atoms with Crippen LogP contribution < -0.4 is 10.9 Å². The maximum atomic E-state index is 12.3. The van der Waals surface area contributed by atoms with E-state index in [4.69, 9.17) is 0 Å². The predicted octanol–water partition coefficient (Wildman–Crippen LogP) is 1.40. The molecule has 1 N–H and O–H groups in total. The van der Waals surface area contributed by atoms with Crippen molar-refractivity contribution < 1.29 is 0 Å². The lowest BCUT2D eigenvalue weighted by Crippen LogP contribution is -2.33. The Morgan fingerprint density at radius 3 is 3.00 bits per heavy atom. The van der Waals surface area contributed by atoms with Crippen LogP contribution in [0.3, 0.4) is 0 Å². The van der Waals surface area contributed by atoms with E-state index in [1.165, 1.54) is 0 Å². The smallest absolute Gasteiger partial charge is 0.261 e. The van der Waals surface area contributed by atoms with Crippen LogP contribution in [0, 0.1) is 0 Å². The van der Waals surface area contributed by atoms with Crippen molar-refractivity contribution in [3.63, 3.8) is 0 Å². The van der Waals surface area contributed by atoms with E-state index >= 15 is 0 Å². The number of benzene rings is 1. The second-order valence-electron chi connectivity index (χ2n) is 4.89. The van der Waals surface area contributed by atoms with Gasteiger partial charge in [0.25, 0.3) is 5.56 Å². The maximum Gasteiger partial charge on any atom is 0.261 e. The number of nitrogens with zero attached hydrogens (tertiary/aromatic N) is 2. The van der Waals surface area contributed by atoms with Crippen molar-refractivity contribution in [1.29, 1.82) is 0 Å². The molecule has 94 valence electrons. The average molecular weight is 243 g/mol. The molecule has 0 radical (unpaired) electrons. The van der Waals surface area contributed by atoms with E-state index in [0.717, 1.165) is 37.3 Å². The summed E-state index contributed by atoms with van der Waals surface area (Å²) in [4.78, 5) is 17.0. The standard InChI is InChI=1S/C14H17N3O/c1-17-13(10-5-4-8-15-9-10)16-12-7-3-2-6-11(12)14(17)18/h2-3,6-7,10,15H,4-5,8-9H2,1H3. The normalized spacial score (nSPS) is 20.2. The second-order valence-corrected chi connectivity index (χ2v) is 4.89. The Labute approximate surface area is 106 Å². The van der Waals surface area contributed by atoms with Crippen molar-refractivity contribution in [1.82, 2.24) is 14.9 Å². The van der Waals surface area contributed by atoms with Crippen molar-refractivity contribution in [2.75, 3.05) is 13.1 Å². The minimum absolute atomic E-state index is 0.0566. The zero-order valence-corrected chi connectivity index (χ0v) is 10.5. The lowest BCUT2D eigenvalue weighted by molar-refractivity contribution is 0.434. The van der Waals surface area contributed by atoms with Gasteiger partial charge in [0, 0.05) is 19.5 Å². The Balaban J connectivity index is 2.17. The topological polar surface area (TPSA) is 46.9 Å². The summed E-state index contributed by atoms with van der Waals surface area (Å²) in [6.07, 6.45) is 2.25. The van der Waals surface area contributed by atoms with Gasteiger partial charge in [-0.25, -0.2) is 4.98 Å². The summed E-state index contributed by atoms with van der Waals surface area (Å²) in [5.74, 6) is 1.26. The first kappa shape index (κ1) is 11.4. The number of rotatable bonds is 1. The molecule has 1 aromatic carbocycles. The summed E-state index contributed by atoms with van der Waals surface area (Å²) >= 11 is 0. The molecule has 4 heteroatoms. The molecule has 1 aliphatic rings. The van der Waals surface area contributed by atoms with E-state index in [9.17, 15) is 4.79 Å². The molecule has 2 heterocycles. The van der Waals surface area contributed by atoms with Crippen LogP contribution in [0.5, 0.6) is 0 Å². The molecule has 0 spiro atoms. The Kier molecular flexibility index (Phi) is 2.88. The van der Waals surface area contributed by atoms with Crippen LogP contribution in [0.1, 0.15) is 24.6 Å². The van der Waals surface area contributed by atoms with E-state index in [0.29, 0.717) is 11.3 Å². The van der Waals surface area contributed by atoms with Crippen molar-refractivity contribution in [3.05, 3.63) is 40.4 Å². The van der Waals surface area contributed by atoms with Crippen LogP contribution in [0.15, 0.2) is 29.1 Å². The van der Waals surface area contributed by atoms with Crippen LogP contribution >= 0.6 is 0 Å². The molecule has 0 amide bonds. The molecular weight excluding hydrogens is 226 g/mol. The third-order valence-electron chi connectivity index (χ3n) is 3.68. The minimum Gasteiger partial charge on any atom is -0.316 e. The van der Waals surface area contributed by atoms with Gasteiger partial charge in [0.15, 0.2) is 0 Å². The SMILES string of the molecule is Cn1c(C2CCCNC2)nc2ccccc2c1=O. The number of piperidine rings is 1. The number of para-hydroxylation sites is 1. The van der Waals surface area contributed by atoms with Crippen LogP contribution in [0.2, 0.25) is 0 Å². The van der Waals surface area contributed by atoms with Gasteiger partial charge in [-0.3, -0.25) is 9.36 Å². The molecule has 0 aliphatic carbocycles. The van der Waals surface area contributed by atoms with E-state index < -0.39 is 0 Å². The molecule has 18 heavy (non-hydrogen) atoms. The number of hydrogen-bond donors (Lipinski definition) is 1. The zero-order valence-electron chi connectivity index (χ0n) is 10.5. The van der Waals surface area contributed by atoms with E-state index in [1.54, 1.807) is 4.57 Å². The van der Waals surface area contributed by atoms with E-state index in [1.807, 2.05) is 31.3 Å². The lowest BCUT2D eigenvalue weighted by atomic mass is 9.98. The lowest BCUT2D eigenvalue weighted by Gasteiger charge is -2.24. The predicted molar refractivity (Wildman–Crippen MR) is 71.8 cm³/mol. The van der Waals surface area contributed by atoms with Gasteiger partial charge < -0.3 is 5.32 Å². The highest BCUT2D eigenvalue weighted by Gasteiger charge is 2.20. The molecule has 2 aromatic rings. The third kappa shape index (κ3) is 1.82. The van der Waals surface area contributed by atoms with Crippen LogP contribution in [0.4, 0.5) is 0 Å². The summed E-state index contributed by atoms with van der Waals surface area (Å²) in [5.41, 5.74) is 0.863. The second kappa shape index (κ2) is 4.53. The van der Waals surface area contributed by atoms with Gasteiger partial charge in [0.1, 0.15) is 5.82 Å².